The molecule has 3 rings (SSSR count). The first-order chi connectivity index (χ1) is 14.1. The third kappa shape index (κ3) is 11.3. The minimum atomic E-state index is -0.526. The van der Waals surface area contributed by atoms with Gasteiger partial charge in [0.1, 0.15) is 0 Å². The zero-order valence-corrected chi connectivity index (χ0v) is 21.1. The highest BCUT2D eigenvalue weighted by Crippen LogP contribution is 2.56. The predicted molar refractivity (Wildman–Crippen MR) is 131 cm³/mol. The molecule has 3 fully saturated rings. The molecule has 0 bridgehead atoms. The van der Waals surface area contributed by atoms with Crippen LogP contribution in [0.1, 0.15) is 112 Å². The molecule has 3 aliphatic carbocycles. The molecule has 3 aliphatic rings. The molecule has 0 spiro atoms. The fourth-order valence-electron chi connectivity index (χ4n) is 5.11. The van der Waals surface area contributed by atoms with Crippen LogP contribution in [0.15, 0.2) is 11.6 Å². The van der Waals surface area contributed by atoms with Gasteiger partial charge in [0.2, 0.25) is 0 Å². The van der Waals surface area contributed by atoms with Gasteiger partial charge in [-0.1, -0.05) is 71.4 Å². The van der Waals surface area contributed by atoms with Gasteiger partial charge in [0.15, 0.2) is 0 Å². The summed E-state index contributed by atoms with van der Waals surface area (Å²) in [4.78, 5) is 0. The van der Waals surface area contributed by atoms with Crippen LogP contribution in [-0.2, 0) is 4.74 Å². The molecule has 0 saturated heterocycles. The molecule has 0 aliphatic heterocycles. The number of rotatable bonds is 8. The van der Waals surface area contributed by atoms with Crippen molar-refractivity contribution >= 4 is 0 Å². The maximum Gasteiger partial charge on any atom is 0.0802 e. The summed E-state index contributed by atoms with van der Waals surface area (Å²) >= 11 is 0. The molecule has 6 N–H and O–H groups in total. The topological polar surface area (TPSA) is 113 Å². The van der Waals surface area contributed by atoms with Crippen molar-refractivity contribution in [2.45, 2.75) is 124 Å². The van der Waals surface area contributed by atoms with E-state index in [0.29, 0.717) is 11.3 Å². The molecule has 0 aromatic heterocycles. The van der Waals surface area contributed by atoms with Crippen molar-refractivity contribution in [1.29, 1.82) is 0 Å². The van der Waals surface area contributed by atoms with Gasteiger partial charge in [-0.25, -0.2) is 0 Å². The second kappa shape index (κ2) is 18.0. The van der Waals surface area contributed by atoms with E-state index in [1.807, 2.05) is 27.7 Å². The molecule has 31 heavy (non-hydrogen) atoms. The Balaban J connectivity index is 0. The lowest BCUT2D eigenvalue weighted by Crippen LogP contribution is -2.38. The highest BCUT2D eigenvalue weighted by molar-refractivity contribution is 5.02. The fourth-order valence-corrected chi connectivity index (χ4v) is 5.11. The van der Waals surface area contributed by atoms with Crippen LogP contribution in [0.4, 0.5) is 0 Å². The van der Waals surface area contributed by atoms with Crippen LogP contribution in [-0.4, -0.2) is 46.6 Å². The Morgan fingerprint density at radius 1 is 0.903 bits per heavy atom. The van der Waals surface area contributed by atoms with Gasteiger partial charge in [0.25, 0.3) is 0 Å². The third-order valence-electron chi connectivity index (χ3n) is 7.02. The van der Waals surface area contributed by atoms with E-state index in [9.17, 15) is 10.2 Å². The van der Waals surface area contributed by atoms with Crippen LogP contribution in [0.3, 0.4) is 0 Å². The molecule has 5 heteroatoms. The standard InChI is InChI=1S/C22H38O3.2C2H6.2H2O/c1-17(14-18-7-3-2-4-8-18)6-5-13-25-16-22(11-12-22)19-9-10-20(23)21(24)15-19;2*1-2;;/h6,18-21,23-24H,2-5,7-16H2,1H3;2*1-2H3;2*1H2/b17-6+;;;;. The molecule has 0 heterocycles. The van der Waals surface area contributed by atoms with Crippen LogP contribution in [0, 0.1) is 17.3 Å². The lowest BCUT2D eigenvalue weighted by molar-refractivity contribution is -0.0482. The van der Waals surface area contributed by atoms with Gasteiger partial charge in [-0.2, -0.15) is 0 Å². The quantitative estimate of drug-likeness (QED) is 0.403. The zero-order chi connectivity index (χ0) is 21.7. The molecule has 3 unspecified atom stereocenters. The van der Waals surface area contributed by atoms with E-state index >= 15 is 0 Å². The number of aliphatic hydroxyl groups excluding tert-OH is 2. The Labute approximate surface area is 192 Å². The second-order valence-corrected chi connectivity index (χ2v) is 9.11. The van der Waals surface area contributed by atoms with Crippen molar-refractivity contribution in [3.8, 4) is 0 Å². The molecule has 0 amide bonds. The Morgan fingerprint density at radius 2 is 1.52 bits per heavy atom. The second-order valence-electron chi connectivity index (χ2n) is 9.11. The number of allylic oxidation sites excluding steroid dienone is 1. The van der Waals surface area contributed by atoms with E-state index in [2.05, 4.69) is 13.0 Å². The molecule has 3 saturated carbocycles. The van der Waals surface area contributed by atoms with Crippen molar-refractivity contribution in [3.05, 3.63) is 11.6 Å². The van der Waals surface area contributed by atoms with Crippen molar-refractivity contribution < 1.29 is 25.9 Å². The Bertz CT molecular complexity index is 441. The van der Waals surface area contributed by atoms with E-state index in [1.165, 1.54) is 51.4 Å². The van der Waals surface area contributed by atoms with Crippen LogP contribution < -0.4 is 0 Å². The van der Waals surface area contributed by atoms with Gasteiger partial charge in [-0.15, -0.1) is 0 Å². The summed E-state index contributed by atoms with van der Waals surface area (Å²) in [6.07, 6.45) is 15.8. The highest BCUT2D eigenvalue weighted by Gasteiger charge is 2.51. The molecule has 3 atom stereocenters. The van der Waals surface area contributed by atoms with Gasteiger partial charge >= 0.3 is 0 Å². The first-order valence-corrected chi connectivity index (χ1v) is 12.7. The maximum absolute atomic E-state index is 9.95. The minimum absolute atomic E-state index is 0. The molecule has 0 aromatic carbocycles. The van der Waals surface area contributed by atoms with Crippen LogP contribution in [0.5, 0.6) is 0 Å². The lowest BCUT2D eigenvalue weighted by Gasteiger charge is -2.35. The SMILES string of the molecule is C/C(=C\CCOCC1(C2CCC(O)C(O)C2)CC1)CC1CCCCC1.CC.CC.O.O. The van der Waals surface area contributed by atoms with E-state index in [1.54, 1.807) is 5.57 Å². The smallest absolute Gasteiger partial charge is 0.0802 e. The van der Waals surface area contributed by atoms with Gasteiger partial charge in [0, 0.05) is 0 Å². The fraction of sp³-hybridized carbons (Fsp3) is 0.923. The molecule has 188 valence electrons. The van der Waals surface area contributed by atoms with Crippen LogP contribution in [0.25, 0.3) is 0 Å². The summed E-state index contributed by atoms with van der Waals surface area (Å²) in [6.45, 7) is 11.9. The molecular formula is C26H54O5. The third-order valence-corrected chi connectivity index (χ3v) is 7.02. The minimum Gasteiger partial charge on any atom is -0.412 e. The predicted octanol–water partition coefficient (Wildman–Crippen LogP) is 5.01. The summed E-state index contributed by atoms with van der Waals surface area (Å²) in [5.41, 5.74) is 1.85. The Morgan fingerprint density at radius 3 is 2.06 bits per heavy atom. The summed E-state index contributed by atoms with van der Waals surface area (Å²) in [5.74, 6) is 1.46. The zero-order valence-electron chi connectivity index (χ0n) is 21.1. The number of aliphatic hydroxyl groups is 2. The van der Waals surface area contributed by atoms with Gasteiger partial charge in [-0.05, 0) is 69.1 Å². The first-order valence-electron chi connectivity index (χ1n) is 12.7. The van der Waals surface area contributed by atoms with Crippen molar-refractivity contribution in [2.75, 3.05) is 13.2 Å². The monoisotopic (exact) mass is 446 g/mol. The first kappa shape index (κ1) is 32.7. The summed E-state index contributed by atoms with van der Waals surface area (Å²) in [6, 6.07) is 0. The molecular weight excluding hydrogens is 392 g/mol. The number of hydrogen-bond acceptors (Lipinski definition) is 3. The van der Waals surface area contributed by atoms with Crippen LogP contribution in [0.2, 0.25) is 0 Å². The number of ether oxygens (including phenoxy) is 1. The Kier molecular flexibility index (Phi) is 19.0. The molecule has 5 nitrogen and oxygen atoms in total. The van der Waals surface area contributed by atoms with Gasteiger partial charge < -0.3 is 25.9 Å². The van der Waals surface area contributed by atoms with E-state index in [-0.39, 0.29) is 11.0 Å². The summed E-state index contributed by atoms with van der Waals surface area (Å²) in [5, 5.41) is 19.7. The summed E-state index contributed by atoms with van der Waals surface area (Å²) < 4.78 is 6.03. The van der Waals surface area contributed by atoms with Gasteiger partial charge in [-0.3, -0.25) is 0 Å². The van der Waals surface area contributed by atoms with Crippen molar-refractivity contribution in [2.24, 2.45) is 17.3 Å². The highest BCUT2D eigenvalue weighted by atomic mass is 16.5. The molecule has 0 radical (unpaired) electrons. The van der Waals surface area contributed by atoms with Gasteiger partial charge in [0.05, 0.1) is 25.4 Å². The average Bonchev–Trinajstić information content (AvgIpc) is 3.54. The summed E-state index contributed by atoms with van der Waals surface area (Å²) in [7, 11) is 0. The maximum atomic E-state index is 9.95. The number of hydrogen-bond donors (Lipinski definition) is 2. The van der Waals surface area contributed by atoms with E-state index < -0.39 is 12.2 Å². The van der Waals surface area contributed by atoms with E-state index in [0.717, 1.165) is 44.8 Å². The van der Waals surface area contributed by atoms with Crippen LogP contribution >= 0.6 is 0 Å². The van der Waals surface area contributed by atoms with E-state index in [4.69, 9.17) is 4.74 Å². The molecule has 0 aromatic rings. The largest absolute Gasteiger partial charge is 0.412 e. The average molecular weight is 447 g/mol. The Hall–Kier alpha value is -0.460. The van der Waals surface area contributed by atoms with Crippen molar-refractivity contribution in [3.63, 3.8) is 0 Å². The van der Waals surface area contributed by atoms with Crippen molar-refractivity contribution in [1.82, 2.24) is 0 Å². The lowest BCUT2D eigenvalue weighted by atomic mass is 9.76. The normalized spacial score (nSPS) is 27.3.